The van der Waals surface area contributed by atoms with Crippen molar-refractivity contribution in [2.75, 3.05) is 7.05 Å². The van der Waals surface area contributed by atoms with E-state index in [0.717, 1.165) is 0 Å². The predicted octanol–water partition coefficient (Wildman–Crippen LogP) is 0.741. The van der Waals surface area contributed by atoms with Crippen LogP contribution in [0.5, 0.6) is 0 Å². The number of aromatic nitrogens is 1. The molecule has 0 aliphatic carbocycles. The highest BCUT2D eigenvalue weighted by atomic mass is 15.4. The number of pyridine rings is 1. The van der Waals surface area contributed by atoms with E-state index in [1.807, 2.05) is 30.6 Å². The van der Waals surface area contributed by atoms with E-state index in [9.17, 15) is 0 Å². The fourth-order valence-corrected chi connectivity index (χ4v) is 0.523. The van der Waals surface area contributed by atoms with Crippen LogP contribution < -0.4 is 4.68 Å². The molecular formula is C6H8N2. The molecule has 8 heavy (non-hydrogen) atoms. The molecule has 1 aromatic heterocycles. The van der Waals surface area contributed by atoms with Gasteiger partial charge in [0, 0.05) is 12.1 Å². The maximum absolute atomic E-state index is 3.89. The molecule has 2 nitrogen and oxygen atoms in total. The van der Waals surface area contributed by atoms with Crippen molar-refractivity contribution < 1.29 is 4.68 Å². The highest BCUT2D eigenvalue weighted by Crippen LogP contribution is 1.76. The van der Waals surface area contributed by atoms with Crippen LogP contribution in [0.4, 0.5) is 0 Å². The normalized spacial score (nSPS) is 8.62. The van der Waals surface area contributed by atoms with Crippen LogP contribution in [-0.2, 0) is 0 Å². The van der Waals surface area contributed by atoms with Gasteiger partial charge in [-0.25, -0.2) is 4.68 Å². The molecule has 0 atom stereocenters. The van der Waals surface area contributed by atoms with Crippen molar-refractivity contribution >= 4 is 0 Å². The molecule has 0 spiro atoms. The third-order valence-electron chi connectivity index (χ3n) is 0.931. The lowest BCUT2D eigenvalue weighted by atomic mass is 10.5. The van der Waals surface area contributed by atoms with E-state index in [2.05, 4.69) is 5.43 Å². The molecular weight excluding hydrogens is 100 g/mol. The maximum atomic E-state index is 3.89. The van der Waals surface area contributed by atoms with Gasteiger partial charge in [0.2, 0.25) is 0 Å². The third kappa shape index (κ3) is 0.964. The van der Waals surface area contributed by atoms with Crippen molar-refractivity contribution in [2.45, 2.75) is 0 Å². The monoisotopic (exact) mass is 108 g/mol. The van der Waals surface area contributed by atoms with Crippen LogP contribution in [0.15, 0.2) is 30.6 Å². The molecule has 0 aromatic carbocycles. The SMILES string of the molecule is C[N-][n+]1ccccc1. The predicted molar refractivity (Wildman–Crippen MR) is 31.3 cm³/mol. The van der Waals surface area contributed by atoms with E-state index in [1.165, 1.54) is 0 Å². The quantitative estimate of drug-likeness (QED) is 0.472. The second kappa shape index (κ2) is 2.31. The standard InChI is InChI=1S/C6H8N2/c1-7-8-5-3-2-4-6-8/h2-6H,1H3. The minimum Gasteiger partial charge on any atom is -0.438 e. The van der Waals surface area contributed by atoms with Crippen LogP contribution in [-0.4, -0.2) is 7.05 Å². The van der Waals surface area contributed by atoms with Crippen LogP contribution in [0.1, 0.15) is 0 Å². The van der Waals surface area contributed by atoms with Gasteiger partial charge in [0.05, 0.1) is 0 Å². The Kier molecular flexibility index (Phi) is 1.47. The summed E-state index contributed by atoms with van der Waals surface area (Å²) in [5.74, 6) is 0. The molecule has 0 bridgehead atoms. The Morgan fingerprint density at radius 3 is 2.12 bits per heavy atom. The maximum Gasteiger partial charge on any atom is 0.164 e. The van der Waals surface area contributed by atoms with Crippen LogP contribution in [0, 0.1) is 0 Å². The zero-order valence-electron chi connectivity index (χ0n) is 4.78. The Bertz CT molecular complexity index is 148. The van der Waals surface area contributed by atoms with Gasteiger partial charge in [0.15, 0.2) is 12.4 Å². The van der Waals surface area contributed by atoms with Crippen molar-refractivity contribution in [3.05, 3.63) is 36.0 Å². The Morgan fingerprint density at radius 1 is 1.12 bits per heavy atom. The summed E-state index contributed by atoms with van der Waals surface area (Å²) >= 11 is 0. The van der Waals surface area contributed by atoms with Crippen LogP contribution >= 0.6 is 0 Å². The molecule has 0 saturated carbocycles. The Labute approximate surface area is 48.7 Å². The second-order valence-corrected chi connectivity index (χ2v) is 1.46. The van der Waals surface area contributed by atoms with Crippen molar-refractivity contribution in [1.29, 1.82) is 0 Å². The average Bonchev–Trinajstić information content (AvgIpc) is 1.90. The molecule has 42 valence electrons. The number of nitrogens with zero attached hydrogens (tertiary/aromatic N) is 2. The summed E-state index contributed by atoms with van der Waals surface area (Å²) in [6.45, 7) is 0. The van der Waals surface area contributed by atoms with Gasteiger partial charge < -0.3 is 5.43 Å². The summed E-state index contributed by atoms with van der Waals surface area (Å²) in [7, 11) is 1.75. The molecule has 2 heteroatoms. The highest BCUT2D eigenvalue weighted by molar-refractivity contribution is 4.84. The Hall–Kier alpha value is -1.05. The summed E-state index contributed by atoms with van der Waals surface area (Å²) in [5.41, 5.74) is 3.89. The van der Waals surface area contributed by atoms with Gasteiger partial charge in [0.25, 0.3) is 0 Å². The first-order valence-corrected chi connectivity index (χ1v) is 2.50. The largest absolute Gasteiger partial charge is 0.438 e. The van der Waals surface area contributed by atoms with E-state index in [0.29, 0.717) is 0 Å². The first-order chi connectivity index (χ1) is 3.93. The first-order valence-electron chi connectivity index (χ1n) is 2.50. The third-order valence-corrected chi connectivity index (χ3v) is 0.931. The van der Waals surface area contributed by atoms with Crippen molar-refractivity contribution in [3.63, 3.8) is 0 Å². The summed E-state index contributed by atoms with van der Waals surface area (Å²) in [4.78, 5) is 0. The first kappa shape index (κ1) is 5.09. The van der Waals surface area contributed by atoms with E-state index < -0.39 is 0 Å². The summed E-state index contributed by atoms with van der Waals surface area (Å²) in [5, 5.41) is 0. The lowest BCUT2D eigenvalue weighted by molar-refractivity contribution is -0.623. The molecule has 1 rings (SSSR count). The lowest BCUT2D eigenvalue weighted by Crippen LogP contribution is -2.25. The topological polar surface area (TPSA) is 18.0 Å². The molecule has 0 radical (unpaired) electrons. The molecule has 0 unspecified atom stereocenters. The minimum atomic E-state index is 1.75. The fourth-order valence-electron chi connectivity index (χ4n) is 0.523. The number of hydrogen-bond acceptors (Lipinski definition) is 0. The smallest absolute Gasteiger partial charge is 0.164 e. The highest BCUT2D eigenvalue weighted by Gasteiger charge is 1.77. The second-order valence-electron chi connectivity index (χ2n) is 1.46. The van der Waals surface area contributed by atoms with Crippen molar-refractivity contribution in [2.24, 2.45) is 0 Å². The van der Waals surface area contributed by atoms with Crippen molar-refractivity contribution in [1.82, 2.24) is 0 Å². The van der Waals surface area contributed by atoms with Gasteiger partial charge in [-0.15, -0.1) is 0 Å². The zero-order valence-corrected chi connectivity index (χ0v) is 4.78. The molecule has 0 fully saturated rings. The van der Waals surface area contributed by atoms with Gasteiger partial charge in [-0.05, 0) is 0 Å². The van der Waals surface area contributed by atoms with Gasteiger partial charge in [-0.2, -0.15) is 0 Å². The Morgan fingerprint density at radius 2 is 1.75 bits per heavy atom. The fraction of sp³-hybridized carbons (Fsp3) is 0.167. The van der Waals surface area contributed by atoms with Gasteiger partial charge in [-0.1, -0.05) is 13.1 Å². The van der Waals surface area contributed by atoms with Crippen LogP contribution in [0.3, 0.4) is 0 Å². The van der Waals surface area contributed by atoms with E-state index >= 15 is 0 Å². The molecule has 0 aliphatic rings. The summed E-state index contributed by atoms with van der Waals surface area (Å²) in [6, 6.07) is 5.84. The van der Waals surface area contributed by atoms with Gasteiger partial charge >= 0.3 is 0 Å². The van der Waals surface area contributed by atoms with E-state index in [-0.39, 0.29) is 0 Å². The molecule has 0 saturated heterocycles. The molecule has 1 aromatic rings. The number of rotatable bonds is 1. The summed E-state index contributed by atoms with van der Waals surface area (Å²) < 4.78 is 1.75. The zero-order chi connectivity index (χ0) is 5.82. The molecule has 0 N–H and O–H groups in total. The average molecular weight is 108 g/mol. The lowest BCUT2D eigenvalue weighted by Gasteiger charge is -2.00. The van der Waals surface area contributed by atoms with E-state index in [4.69, 9.17) is 0 Å². The van der Waals surface area contributed by atoms with Gasteiger partial charge in [-0.3, -0.25) is 0 Å². The molecule has 1 heterocycles. The Balaban J connectivity index is 2.83. The van der Waals surface area contributed by atoms with Crippen LogP contribution in [0.25, 0.3) is 5.43 Å². The van der Waals surface area contributed by atoms with Crippen molar-refractivity contribution in [3.8, 4) is 0 Å². The van der Waals surface area contributed by atoms with Gasteiger partial charge in [0.1, 0.15) is 0 Å². The van der Waals surface area contributed by atoms with Crippen LogP contribution in [0.2, 0.25) is 0 Å². The van der Waals surface area contributed by atoms with E-state index in [1.54, 1.807) is 11.7 Å². The molecule has 0 aliphatic heterocycles. The summed E-state index contributed by atoms with van der Waals surface area (Å²) in [6.07, 6.45) is 3.78. The number of hydrogen-bond donors (Lipinski definition) is 0. The minimum absolute atomic E-state index is 1.75. The molecule has 0 amide bonds.